The van der Waals surface area contributed by atoms with Crippen LogP contribution in [0.2, 0.25) is 5.02 Å². The Kier molecular flexibility index (Phi) is 4.29. The summed E-state index contributed by atoms with van der Waals surface area (Å²) < 4.78 is 22.4. The minimum Gasteiger partial charge on any atom is -0.493 e. The van der Waals surface area contributed by atoms with Crippen LogP contribution in [0.1, 0.15) is 10.4 Å². The number of fused-ring (bicyclic) bond motifs is 1. The van der Waals surface area contributed by atoms with Crippen LogP contribution in [0.3, 0.4) is 0 Å². The summed E-state index contributed by atoms with van der Waals surface area (Å²) in [6.07, 6.45) is 0. The molecule has 10 heteroatoms. The number of nitrogens with one attached hydrogen (secondary N) is 1. The molecule has 128 valence electrons. The molecule has 0 aliphatic carbocycles. The monoisotopic (exact) mass is 378 g/mol. The normalized spacial score (nSPS) is 12.1. The quantitative estimate of drug-likeness (QED) is 0.602. The van der Waals surface area contributed by atoms with Gasteiger partial charge in [-0.3, -0.25) is 4.79 Å². The average Bonchev–Trinajstić information content (AvgIpc) is 2.86. The van der Waals surface area contributed by atoms with Gasteiger partial charge in [0, 0.05) is 16.0 Å². The molecule has 0 unspecified atom stereocenters. The summed E-state index contributed by atoms with van der Waals surface area (Å²) >= 11 is 5.92. The number of halogens is 1. The highest BCUT2D eigenvalue weighted by molar-refractivity contribution is 7.89. The Morgan fingerprint density at radius 3 is 2.48 bits per heavy atom. The third kappa shape index (κ3) is 3.53. The Labute approximate surface area is 147 Å². The molecule has 4 N–H and O–H groups in total. The second kappa shape index (κ2) is 6.28. The minimum atomic E-state index is -3.84. The lowest BCUT2D eigenvalue weighted by Gasteiger charge is -1.99. The first-order valence-electron chi connectivity index (χ1n) is 6.85. The number of hydrogen-bond acceptors (Lipinski definition) is 5. The fraction of sp³-hybridized carbons (Fsp3) is 0. The number of amides is 1. The third-order valence-corrected chi connectivity index (χ3v) is 4.55. The second-order valence-corrected chi connectivity index (χ2v) is 7.08. The fourth-order valence-electron chi connectivity index (χ4n) is 2.18. The van der Waals surface area contributed by atoms with Gasteiger partial charge in [-0.05, 0) is 42.5 Å². The van der Waals surface area contributed by atoms with Crippen molar-refractivity contribution >= 4 is 44.1 Å². The summed E-state index contributed by atoms with van der Waals surface area (Å²) in [6, 6.07) is 9.80. The fourth-order valence-corrected chi connectivity index (χ4v) is 2.86. The van der Waals surface area contributed by atoms with E-state index in [9.17, 15) is 18.3 Å². The van der Waals surface area contributed by atoms with Crippen molar-refractivity contribution in [2.24, 2.45) is 15.4 Å². The van der Waals surface area contributed by atoms with Crippen LogP contribution >= 0.6 is 11.6 Å². The molecule has 0 spiro atoms. The van der Waals surface area contributed by atoms with Crippen molar-refractivity contribution in [2.45, 2.75) is 4.90 Å². The van der Waals surface area contributed by atoms with E-state index in [1.165, 1.54) is 24.3 Å². The predicted octanol–water partition coefficient (Wildman–Crippen LogP) is 3.10. The van der Waals surface area contributed by atoms with Crippen molar-refractivity contribution in [3.63, 3.8) is 0 Å². The average molecular weight is 379 g/mol. The maximum Gasteiger partial charge on any atom is 0.295 e. The third-order valence-electron chi connectivity index (χ3n) is 3.38. The highest BCUT2D eigenvalue weighted by atomic mass is 35.5. The maximum atomic E-state index is 12.1. The van der Waals surface area contributed by atoms with Crippen LogP contribution in [0.25, 0.3) is 10.9 Å². The molecule has 2 aromatic carbocycles. The number of aromatic nitrogens is 1. The van der Waals surface area contributed by atoms with Gasteiger partial charge in [0.05, 0.1) is 10.4 Å². The Balaban J connectivity index is 1.91. The number of nitrogens with zero attached hydrogens (tertiary/aromatic N) is 2. The molecule has 3 aromatic rings. The Morgan fingerprint density at radius 2 is 1.84 bits per heavy atom. The molecule has 0 saturated carbocycles. The predicted molar refractivity (Wildman–Crippen MR) is 91.6 cm³/mol. The number of sulfonamides is 1. The summed E-state index contributed by atoms with van der Waals surface area (Å²) in [6.45, 7) is 0. The topological polar surface area (TPSA) is 138 Å². The molecule has 0 aliphatic rings. The highest BCUT2D eigenvalue weighted by Crippen LogP contribution is 2.36. The lowest BCUT2D eigenvalue weighted by molar-refractivity contribution is 0.0995. The minimum absolute atomic E-state index is 0.0759. The number of aromatic hydroxyl groups is 1. The Bertz CT molecular complexity index is 1100. The number of hydrogen-bond donors (Lipinski definition) is 3. The molecule has 3 rings (SSSR count). The Morgan fingerprint density at radius 1 is 1.16 bits per heavy atom. The summed E-state index contributed by atoms with van der Waals surface area (Å²) in [5, 5.41) is 23.2. The standard InChI is InChI=1S/C15H11ClN4O4S/c16-9-3-6-12-11(7-9)13(15(22)18-12)19-20-14(21)8-1-4-10(5-2-8)25(17,23)24/h1-7,18,22H,(H2,17,23,24). The van der Waals surface area contributed by atoms with E-state index in [0.29, 0.717) is 15.9 Å². The van der Waals surface area contributed by atoms with E-state index in [-0.39, 0.29) is 22.0 Å². The summed E-state index contributed by atoms with van der Waals surface area (Å²) in [5.74, 6) is -0.963. The van der Waals surface area contributed by atoms with Gasteiger partial charge in [-0.1, -0.05) is 11.6 Å². The molecular weight excluding hydrogens is 368 g/mol. The van der Waals surface area contributed by atoms with Gasteiger partial charge in [0.15, 0.2) is 5.69 Å². The van der Waals surface area contributed by atoms with Crippen molar-refractivity contribution in [2.75, 3.05) is 0 Å². The molecule has 0 fully saturated rings. The first-order valence-corrected chi connectivity index (χ1v) is 8.77. The number of rotatable bonds is 3. The van der Waals surface area contributed by atoms with Gasteiger partial charge < -0.3 is 10.1 Å². The number of aromatic amines is 1. The molecular formula is C15H11ClN4O4S. The Hall–Kier alpha value is -2.75. The van der Waals surface area contributed by atoms with Gasteiger partial charge in [0.1, 0.15) is 0 Å². The van der Waals surface area contributed by atoms with Crippen molar-refractivity contribution in [3.8, 4) is 5.88 Å². The molecule has 0 bridgehead atoms. The molecule has 1 aromatic heterocycles. The van der Waals surface area contributed by atoms with Crippen LogP contribution in [0, 0.1) is 0 Å². The molecule has 8 nitrogen and oxygen atoms in total. The van der Waals surface area contributed by atoms with Gasteiger partial charge in [-0.2, -0.15) is 0 Å². The molecule has 0 aliphatic heterocycles. The van der Waals surface area contributed by atoms with E-state index in [1.54, 1.807) is 18.2 Å². The van der Waals surface area contributed by atoms with Crippen LogP contribution in [-0.4, -0.2) is 24.4 Å². The lowest BCUT2D eigenvalue weighted by Crippen LogP contribution is -2.12. The largest absolute Gasteiger partial charge is 0.493 e. The maximum absolute atomic E-state index is 12.1. The zero-order valence-corrected chi connectivity index (χ0v) is 14.0. The van der Waals surface area contributed by atoms with Crippen LogP contribution in [-0.2, 0) is 10.0 Å². The van der Waals surface area contributed by atoms with Crippen LogP contribution in [0.15, 0.2) is 57.6 Å². The molecule has 0 radical (unpaired) electrons. The number of primary sulfonamides is 1. The zero-order valence-electron chi connectivity index (χ0n) is 12.5. The van der Waals surface area contributed by atoms with Crippen molar-refractivity contribution in [1.82, 2.24) is 4.98 Å². The number of carbonyl (C=O) groups is 1. The van der Waals surface area contributed by atoms with E-state index >= 15 is 0 Å². The molecule has 25 heavy (non-hydrogen) atoms. The van der Waals surface area contributed by atoms with Crippen molar-refractivity contribution in [1.29, 1.82) is 0 Å². The second-order valence-electron chi connectivity index (χ2n) is 5.09. The van der Waals surface area contributed by atoms with Crippen LogP contribution in [0.4, 0.5) is 5.69 Å². The van der Waals surface area contributed by atoms with Gasteiger partial charge in [-0.25, -0.2) is 13.6 Å². The summed E-state index contributed by atoms with van der Waals surface area (Å²) in [7, 11) is -3.84. The SMILES string of the molecule is NS(=O)(=O)c1ccc(C(=O)N=Nc2c(O)[nH]c3ccc(Cl)cc23)cc1. The van der Waals surface area contributed by atoms with Gasteiger partial charge in [0.25, 0.3) is 5.91 Å². The number of benzene rings is 2. The van der Waals surface area contributed by atoms with Crippen LogP contribution in [0.5, 0.6) is 5.88 Å². The first-order chi connectivity index (χ1) is 11.8. The number of nitrogens with two attached hydrogens (primary N) is 1. The van der Waals surface area contributed by atoms with E-state index in [4.69, 9.17) is 16.7 Å². The zero-order chi connectivity index (χ0) is 18.2. The number of azo groups is 1. The van der Waals surface area contributed by atoms with E-state index < -0.39 is 15.9 Å². The molecule has 1 heterocycles. The van der Waals surface area contributed by atoms with Gasteiger partial charge >= 0.3 is 0 Å². The van der Waals surface area contributed by atoms with Crippen molar-refractivity contribution < 1.29 is 18.3 Å². The highest BCUT2D eigenvalue weighted by Gasteiger charge is 2.13. The molecule has 1 amide bonds. The molecule has 0 saturated heterocycles. The van der Waals surface area contributed by atoms with Crippen LogP contribution < -0.4 is 5.14 Å². The first kappa shape index (κ1) is 17.1. The smallest absolute Gasteiger partial charge is 0.295 e. The summed E-state index contributed by atoms with van der Waals surface area (Å²) in [5.41, 5.74) is 0.779. The summed E-state index contributed by atoms with van der Waals surface area (Å²) in [4.78, 5) is 14.6. The van der Waals surface area contributed by atoms with E-state index in [2.05, 4.69) is 15.2 Å². The van der Waals surface area contributed by atoms with E-state index in [0.717, 1.165) is 0 Å². The van der Waals surface area contributed by atoms with Crippen molar-refractivity contribution in [3.05, 3.63) is 53.1 Å². The lowest BCUT2D eigenvalue weighted by atomic mass is 10.2. The van der Waals surface area contributed by atoms with Gasteiger partial charge in [-0.15, -0.1) is 10.2 Å². The van der Waals surface area contributed by atoms with E-state index in [1.807, 2.05) is 0 Å². The van der Waals surface area contributed by atoms with Gasteiger partial charge in [0.2, 0.25) is 15.9 Å². The number of carbonyl (C=O) groups excluding carboxylic acids is 1. The number of H-pyrrole nitrogens is 1. The molecule has 0 atom stereocenters.